The highest BCUT2D eigenvalue weighted by atomic mass is 19.1. The lowest BCUT2D eigenvalue weighted by Gasteiger charge is -2.40. The summed E-state index contributed by atoms with van der Waals surface area (Å²) < 4.78 is 38.2. The summed E-state index contributed by atoms with van der Waals surface area (Å²) in [4.78, 5) is 0. The topological polar surface area (TPSA) is 58.9 Å². The van der Waals surface area contributed by atoms with E-state index in [4.69, 9.17) is 9.47 Å². The SMILES string of the molecule is COCc1cc(O)cc2c1O[C@H](c1ccc(O)cc1)[C@H](CCF)[C@@H]2CCF. The van der Waals surface area contributed by atoms with Crippen LogP contribution in [0.5, 0.6) is 17.2 Å². The summed E-state index contributed by atoms with van der Waals surface area (Å²) >= 11 is 0. The van der Waals surface area contributed by atoms with Crippen molar-refractivity contribution in [2.45, 2.75) is 31.5 Å². The monoisotopic (exact) mass is 378 g/mol. The van der Waals surface area contributed by atoms with Gasteiger partial charge < -0.3 is 19.7 Å². The van der Waals surface area contributed by atoms with Gasteiger partial charge in [0.25, 0.3) is 0 Å². The number of alkyl halides is 2. The maximum Gasteiger partial charge on any atom is 0.129 e. The maximum absolute atomic E-state index is 13.4. The van der Waals surface area contributed by atoms with Gasteiger partial charge in [-0.1, -0.05) is 12.1 Å². The molecule has 0 aromatic heterocycles. The van der Waals surface area contributed by atoms with Gasteiger partial charge in [0, 0.05) is 24.2 Å². The molecule has 4 nitrogen and oxygen atoms in total. The number of rotatable bonds is 7. The van der Waals surface area contributed by atoms with Crippen molar-refractivity contribution < 1.29 is 28.5 Å². The first-order valence-electron chi connectivity index (χ1n) is 9.01. The highest BCUT2D eigenvalue weighted by molar-refractivity contribution is 5.51. The summed E-state index contributed by atoms with van der Waals surface area (Å²) in [6.07, 6.45) is -0.0540. The van der Waals surface area contributed by atoms with Gasteiger partial charge in [0.15, 0.2) is 0 Å². The number of benzene rings is 2. The summed E-state index contributed by atoms with van der Waals surface area (Å²) in [6, 6.07) is 9.72. The summed E-state index contributed by atoms with van der Waals surface area (Å²) in [6.45, 7) is -0.871. The predicted octanol–water partition coefficient (Wildman–Crippen LogP) is 4.80. The molecule has 3 rings (SSSR count). The standard InChI is InChI=1S/C21H24F2O4/c1-26-12-14-10-16(25)11-19-17(6-8-22)18(7-9-23)20(27-21(14)19)13-2-4-15(24)5-3-13/h2-5,10-11,17-18,20,24-25H,6-9,12H2,1H3/t17-,18+,20+/m0/s1. The van der Waals surface area contributed by atoms with Crippen molar-refractivity contribution in [2.75, 3.05) is 20.5 Å². The first-order valence-corrected chi connectivity index (χ1v) is 9.01. The fourth-order valence-corrected chi connectivity index (χ4v) is 3.98. The van der Waals surface area contributed by atoms with Crippen LogP contribution in [0.15, 0.2) is 36.4 Å². The number of phenols is 2. The largest absolute Gasteiger partial charge is 0.508 e. The van der Waals surface area contributed by atoms with Crippen LogP contribution in [0.2, 0.25) is 0 Å². The Morgan fingerprint density at radius 1 is 1.00 bits per heavy atom. The molecule has 0 amide bonds. The molecular weight excluding hydrogens is 354 g/mol. The molecule has 6 heteroatoms. The molecule has 1 aliphatic heterocycles. The molecule has 27 heavy (non-hydrogen) atoms. The zero-order chi connectivity index (χ0) is 19.4. The second-order valence-electron chi connectivity index (χ2n) is 6.81. The summed E-state index contributed by atoms with van der Waals surface area (Å²) in [5.41, 5.74) is 2.14. The van der Waals surface area contributed by atoms with E-state index in [-0.39, 0.29) is 42.8 Å². The van der Waals surface area contributed by atoms with Crippen molar-refractivity contribution in [1.82, 2.24) is 0 Å². The van der Waals surface area contributed by atoms with Crippen molar-refractivity contribution in [3.63, 3.8) is 0 Å². The Hall–Kier alpha value is -2.34. The normalized spacial score (nSPS) is 21.5. The van der Waals surface area contributed by atoms with Crippen LogP contribution in [0.3, 0.4) is 0 Å². The number of phenolic OH excluding ortho intramolecular Hbond substituents is 2. The summed E-state index contributed by atoms with van der Waals surface area (Å²) in [5.74, 6) is 0.148. The second kappa shape index (κ2) is 8.57. The van der Waals surface area contributed by atoms with Crippen LogP contribution < -0.4 is 4.74 Å². The van der Waals surface area contributed by atoms with Gasteiger partial charge in [-0.15, -0.1) is 0 Å². The molecular formula is C21H24F2O4. The lowest BCUT2D eigenvalue weighted by molar-refractivity contribution is 0.0712. The van der Waals surface area contributed by atoms with Gasteiger partial charge in [-0.25, -0.2) is 0 Å². The first kappa shape index (κ1) is 19.4. The van der Waals surface area contributed by atoms with Gasteiger partial charge >= 0.3 is 0 Å². The minimum absolute atomic E-state index is 0.0512. The molecule has 0 bridgehead atoms. The molecule has 0 fully saturated rings. The van der Waals surface area contributed by atoms with Crippen LogP contribution in [-0.2, 0) is 11.3 Å². The van der Waals surface area contributed by atoms with Crippen LogP contribution in [0.4, 0.5) is 8.78 Å². The molecule has 146 valence electrons. The van der Waals surface area contributed by atoms with Gasteiger partial charge in [0.1, 0.15) is 23.4 Å². The smallest absolute Gasteiger partial charge is 0.129 e. The molecule has 1 heterocycles. The van der Waals surface area contributed by atoms with E-state index in [1.54, 1.807) is 43.5 Å². The molecule has 2 aromatic carbocycles. The van der Waals surface area contributed by atoms with E-state index < -0.39 is 19.5 Å². The summed E-state index contributed by atoms with van der Waals surface area (Å²) in [7, 11) is 1.54. The quantitative estimate of drug-likeness (QED) is 0.727. The highest BCUT2D eigenvalue weighted by Crippen LogP contribution is 2.51. The minimum atomic E-state index is -0.551. The Morgan fingerprint density at radius 3 is 2.33 bits per heavy atom. The molecule has 0 aliphatic carbocycles. The Kier molecular flexibility index (Phi) is 6.16. The minimum Gasteiger partial charge on any atom is -0.508 e. The van der Waals surface area contributed by atoms with Gasteiger partial charge in [-0.2, -0.15) is 0 Å². The Balaban J connectivity index is 2.12. The first-order chi connectivity index (χ1) is 13.1. The molecule has 3 atom stereocenters. The van der Waals surface area contributed by atoms with Crippen LogP contribution in [-0.4, -0.2) is 30.7 Å². The van der Waals surface area contributed by atoms with E-state index in [1.807, 2.05) is 0 Å². The van der Waals surface area contributed by atoms with Crippen LogP contribution in [0, 0.1) is 5.92 Å². The number of halogens is 2. The number of fused-ring (bicyclic) bond motifs is 1. The third-order valence-electron chi connectivity index (χ3n) is 5.11. The Morgan fingerprint density at radius 2 is 1.70 bits per heavy atom. The Bertz CT molecular complexity index is 764. The van der Waals surface area contributed by atoms with Gasteiger partial charge in [0.05, 0.1) is 20.0 Å². The zero-order valence-corrected chi connectivity index (χ0v) is 15.2. The van der Waals surface area contributed by atoms with Crippen molar-refractivity contribution in [2.24, 2.45) is 5.92 Å². The molecule has 0 spiro atoms. The molecule has 0 saturated carbocycles. The molecule has 0 unspecified atom stereocenters. The number of hydrogen-bond acceptors (Lipinski definition) is 4. The molecule has 2 N–H and O–H groups in total. The fourth-order valence-electron chi connectivity index (χ4n) is 3.98. The molecule has 2 aromatic rings. The third kappa shape index (κ3) is 4.00. The molecule has 1 aliphatic rings. The number of aromatic hydroxyl groups is 2. The van der Waals surface area contributed by atoms with E-state index in [1.165, 1.54) is 0 Å². The van der Waals surface area contributed by atoms with Gasteiger partial charge in [0.2, 0.25) is 0 Å². The lowest BCUT2D eigenvalue weighted by atomic mass is 9.74. The van der Waals surface area contributed by atoms with Crippen molar-refractivity contribution in [1.29, 1.82) is 0 Å². The van der Waals surface area contributed by atoms with Crippen molar-refractivity contribution in [3.05, 3.63) is 53.1 Å². The predicted molar refractivity (Wildman–Crippen MR) is 97.7 cm³/mol. The van der Waals surface area contributed by atoms with E-state index in [9.17, 15) is 19.0 Å². The van der Waals surface area contributed by atoms with E-state index in [0.717, 1.165) is 5.56 Å². The number of methoxy groups -OCH3 is 1. The maximum atomic E-state index is 13.4. The number of hydrogen-bond donors (Lipinski definition) is 2. The van der Waals surface area contributed by atoms with Crippen LogP contribution in [0.25, 0.3) is 0 Å². The fraction of sp³-hybridized carbons (Fsp3) is 0.429. The number of ether oxygens (including phenoxy) is 2. The van der Waals surface area contributed by atoms with E-state index >= 15 is 0 Å². The van der Waals surface area contributed by atoms with Crippen LogP contribution in [0.1, 0.15) is 41.6 Å². The van der Waals surface area contributed by atoms with E-state index in [0.29, 0.717) is 16.9 Å². The summed E-state index contributed by atoms with van der Waals surface area (Å²) in [5, 5.41) is 19.7. The highest BCUT2D eigenvalue weighted by Gasteiger charge is 2.40. The van der Waals surface area contributed by atoms with Crippen molar-refractivity contribution >= 4 is 0 Å². The average Bonchev–Trinajstić information content (AvgIpc) is 2.65. The second-order valence-corrected chi connectivity index (χ2v) is 6.81. The van der Waals surface area contributed by atoms with E-state index in [2.05, 4.69) is 0 Å². The van der Waals surface area contributed by atoms with Gasteiger partial charge in [-0.05, 0) is 48.6 Å². The van der Waals surface area contributed by atoms with Gasteiger partial charge in [-0.3, -0.25) is 8.78 Å². The Labute approximate surface area is 157 Å². The third-order valence-corrected chi connectivity index (χ3v) is 5.11. The lowest BCUT2D eigenvalue weighted by Crippen LogP contribution is -2.31. The molecule has 0 radical (unpaired) electrons. The zero-order valence-electron chi connectivity index (χ0n) is 15.2. The molecule has 0 saturated heterocycles. The average molecular weight is 378 g/mol. The van der Waals surface area contributed by atoms with Crippen LogP contribution >= 0.6 is 0 Å². The van der Waals surface area contributed by atoms with Crippen molar-refractivity contribution in [3.8, 4) is 17.2 Å².